The van der Waals surface area contributed by atoms with Gasteiger partial charge in [0, 0.05) is 18.2 Å². The fraction of sp³-hybridized carbons (Fsp3) is 0.500. The molecule has 4 heteroatoms. The summed E-state index contributed by atoms with van der Waals surface area (Å²) in [6.07, 6.45) is 3.41. The number of carbonyl (C=O) groups excluding carboxylic acids is 1. The minimum Gasteiger partial charge on any atom is -0.493 e. The molecule has 1 aromatic carbocycles. The lowest BCUT2D eigenvalue weighted by molar-refractivity contribution is -0.129. The average molecular weight is 305 g/mol. The van der Waals surface area contributed by atoms with Gasteiger partial charge in [-0.05, 0) is 58.4 Å². The van der Waals surface area contributed by atoms with Crippen molar-refractivity contribution in [3.8, 4) is 11.5 Å². The summed E-state index contributed by atoms with van der Waals surface area (Å²) >= 11 is 0. The number of carbonyl (C=O) groups is 1. The summed E-state index contributed by atoms with van der Waals surface area (Å²) in [6, 6.07) is 5.98. The summed E-state index contributed by atoms with van der Waals surface area (Å²) in [5.41, 5.74) is 0.904. The Morgan fingerprint density at radius 2 is 1.82 bits per heavy atom. The van der Waals surface area contributed by atoms with Crippen molar-refractivity contribution in [2.24, 2.45) is 0 Å². The molecule has 0 aliphatic heterocycles. The molecule has 1 aromatic rings. The second kappa shape index (κ2) is 8.47. The number of hydrogen-bond acceptors (Lipinski definition) is 3. The van der Waals surface area contributed by atoms with Gasteiger partial charge in [0.05, 0.1) is 13.7 Å². The fourth-order valence-electron chi connectivity index (χ4n) is 2.42. The van der Waals surface area contributed by atoms with Gasteiger partial charge in [-0.1, -0.05) is 6.07 Å². The predicted molar refractivity (Wildman–Crippen MR) is 90.3 cm³/mol. The number of methoxy groups -OCH3 is 1. The zero-order valence-corrected chi connectivity index (χ0v) is 14.4. The van der Waals surface area contributed by atoms with E-state index in [1.807, 2.05) is 57.7 Å². The average Bonchev–Trinajstić information content (AvgIpc) is 2.45. The van der Waals surface area contributed by atoms with E-state index < -0.39 is 0 Å². The van der Waals surface area contributed by atoms with Crippen LogP contribution in [0.3, 0.4) is 0 Å². The molecule has 122 valence electrons. The zero-order valence-electron chi connectivity index (χ0n) is 14.4. The van der Waals surface area contributed by atoms with Gasteiger partial charge in [0.15, 0.2) is 11.5 Å². The van der Waals surface area contributed by atoms with Gasteiger partial charge in [0.25, 0.3) is 0 Å². The Bertz CT molecular complexity index is 513. The van der Waals surface area contributed by atoms with Gasteiger partial charge in [-0.15, -0.1) is 0 Å². The van der Waals surface area contributed by atoms with E-state index in [4.69, 9.17) is 9.47 Å². The highest BCUT2D eigenvalue weighted by Gasteiger charge is 2.17. The molecule has 0 heterocycles. The lowest BCUT2D eigenvalue weighted by Crippen LogP contribution is -2.41. The molecule has 0 bridgehead atoms. The van der Waals surface area contributed by atoms with Crippen molar-refractivity contribution in [3.63, 3.8) is 0 Å². The van der Waals surface area contributed by atoms with Crippen LogP contribution in [0.1, 0.15) is 40.2 Å². The summed E-state index contributed by atoms with van der Waals surface area (Å²) in [5.74, 6) is 1.39. The molecule has 0 aliphatic carbocycles. The van der Waals surface area contributed by atoms with Gasteiger partial charge in [-0.2, -0.15) is 0 Å². The molecule has 0 atom stereocenters. The summed E-state index contributed by atoms with van der Waals surface area (Å²) in [7, 11) is 1.61. The van der Waals surface area contributed by atoms with Crippen molar-refractivity contribution in [3.05, 3.63) is 29.8 Å². The Balaban J connectivity index is 2.91. The highest BCUT2D eigenvalue weighted by Crippen LogP contribution is 2.28. The number of rotatable bonds is 7. The molecule has 4 nitrogen and oxygen atoms in total. The molecule has 0 saturated carbocycles. The van der Waals surface area contributed by atoms with E-state index >= 15 is 0 Å². The molecular formula is C18H27NO3. The molecule has 1 rings (SSSR count). The number of nitrogens with zero attached hydrogens (tertiary/aromatic N) is 1. The third-order valence-corrected chi connectivity index (χ3v) is 3.27. The first-order valence-corrected chi connectivity index (χ1v) is 7.71. The predicted octanol–water partition coefficient (Wildman–Crippen LogP) is 3.75. The molecule has 0 radical (unpaired) electrons. The van der Waals surface area contributed by atoms with E-state index in [0.717, 1.165) is 5.56 Å². The van der Waals surface area contributed by atoms with Crippen LogP contribution in [0.2, 0.25) is 0 Å². The van der Waals surface area contributed by atoms with Crippen molar-refractivity contribution >= 4 is 12.0 Å². The van der Waals surface area contributed by atoms with Gasteiger partial charge in [-0.25, -0.2) is 0 Å². The second-order valence-corrected chi connectivity index (χ2v) is 5.61. The molecule has 0 N–H and O–H groups in total. The second-order valence-electron chi connectivity index (χ2n) is 5.61. The summed E-state index contributed by atoms with van der Waals surface area (Å²) in [6.45, 7) is 10.6. The standard InChI is InChI=1S/C18H27NO3/c1-7-22-16-10-8-15(12-17(16)21-6)9-11-18(20)19(13(2)3)14(4)5/h8-14H,7H2,1-6H3/b11-9+. The van der Waals surface area contributed by atoms with Crippen molar-refractivity contribution < 1.29 is 14.3 Å². The van der Waals surface area contributed by atoms with Crippen molar-refractivity contribution in [2.45, 2.75) is 46.7 Å². The largest absolute Gasteiger partial charge is 0.493 e. The SMILES string of the molecule is CCOc1ccc(/C=C/C(=O)N(C(C)C)C(C)C)cc1OC. The third kappa shape index (κ3) is 4.79. The smallest absolute Gasteiger partial charge is 0.247 e. The molecule has 1 amide bonds. The quantitative estimate of drug-likeness (QED) is 0.720. The Morgan fingerprint density at radius 1 is 1.18 bits per heavy atom. The van der Waals surface area contributed by atoms with Crippen molar-refractivity contribution in [1.82, 2.24) is 4.90 Å². The lowest BCUT2D eigenvalue weighted by atomic mass is 10.1. The summed E-state index contributed by atoms with van der Waals surface area (Å²) in [4.78, 5) is 14.2. The Labute approximate surface area is 133 Å². The van der Waals surface area contributed by atoms with Crippen LogP contribution >= 0.6 is 0 Å². The minimum atomic E-state index is 0.0119. The van der Waals surface area contributed by atoms with Gasteiger partial charge in [-0.3, -0.25) is 4.79 Å². The Morgan fingerprint density at radius 3 is 2.32 bits per heavy atom. The zero-order chi connectivity index (χ0) is 16.7. The molecule has 0 aromatic heterocycles. The van der Waals surface area contributed by atoms with Crippen LogP contribution in [-0.2, 0) is 4.79 Å². The topological polar surface area (TPSA) is 38.8 Å². The molecule has 0 fully saturated rings. The van der Waals surface area contributed by atoms with E-state index in [1.165, 1.54) is 0 Å². The van der Waals surface area contributed by atoms with E-state index in [-0.39, 0.29) is 18.0 Å². The molecular weight excluding hydrogens is 278 g/mol. The molecule has 0 unspecified atom stereocenters. The fourth-order valence-corrected chi connectivity index (χ4v) is 2.42. The van der Waals surface area contributed by atoms with Gasteiger partial charge < -0.3 is 14.4 Å². The highest BCUT2D eigenvalue weighted by molar-refractivity contribution is 5.92. The number of amides is 1. The van der Waals surface area contributed by atoms with Crippen LogP contribution < -0.4 is 9.47 Å². The van der Waals surface area contributed by atoms with Crippen LogP contribution in [0.25, 0.3) is 6.08 Å². The molecule has 0 aliphatic rings. The summed E-state index contributed by atoms with van der Waals surface area (Å²) in [5, 5.41) is 0. The maximum atomic E-state index is 12.3. The van der Waals surface area contributed by atoms with Crippen LogP contribution in [-0.4, -0.2) is 36.6 Å². The van der Waals surface area contributed by atoms with Crippen LogP contribution in [0.5, 0.6) is 11.5 Å². The van der Waals surface area contributed by atoms with Gasteiger partial charge in [0.2, 0.25) is 5.91 Å². The number of hydrogen-bond donors (Lipinski definition) is 0. The molecule has 22 heavy (non-hydrogen) atoms. The highest BCUT2D eigenvalue weighted by atomic mass is 16.5. The molecule has 0 spiro atoms. The lowest BCUT2D eigenvalue weighted by Gasteiger charge is -2.29. The van der Waals surface area contributed by atoms with E-state index in [0.29, 0.717) is 18.1 Å². The summed E-state index contributed by atoms with van der Waals surface area (Å²) < 4.78 is 10.8. The van der Waals surface area contributed by atoms with Crippen molar-refractivity contribution in [2.75, 3.05) is 13.7 Å². The van der Waals surface area contributed by atoms with E-state index in [9.17, 15) is 4.79 Å². The van der Waals surface area contributed by atoms with Gasteiger partial charge >= 0.3 is 0 Å². The van der Waals surface area contributed by atoms with E-state index in [2.05, 4.69) is 0 Å². The normalized spacial score (nSPS) is 11.3. The first-order chi connectivity index (χ1) is 10.4. The first-order valence-electron chi connectivity index (χ1n) is 7.71. The molecule has 0 saturated heterocycles. The maximum absolute atomic E-state index is 12.3. The van der Waals surface area contributed by atoms with Gasteiger partial charge in [0.1, 0.15) is 0 Å². The third-order valence-electron chi connectivity index (χ3n) is 3.27. The minimum absolute atomic E-state index is 0.0119. The first kappa shape index (κ1) is 18.1. The van der Waals surface area contributed by atoms with E-state index in [1.54, 1.807) is 19.3 Å². The Kier molecular flexibility index (Phi) is 6.96. The number of ether oxygens (including phenoxy) is 2. The maximum Gasteiger partial charge on any atom is 0.247 e. The van der Waals surface area contributed by atoms with Crippen LogP contribution in [0.15, 0.2) is 24.3 Å². The van der Waals surface area contributed by atoms with Crippen LogP contribution in [0.4, 0.5) is 0 Å². The van der Waals surface area contributed by atoms with Crippen LogP contribution in [0, 0.1) is 0 Å². The number of benzene rings is 1. The Hall–Kier alpha value is -1.97. The monoisotopic (exact) mass is 305 g/mol. The van der Waals surface area contributed by atoms with Crippen molar-refractivity contribution in [1.29, 1.82) is 0 Å².